The first kappa shape index (κ1) is 17.6. The third-order valence-electron chi connectivity index (χ3n) is 5.29. The fourth-order valence-corrected chi connectivity index (χ4v) is 3.72. The lowest BCUT2D eigenvalue weighted by atomic mass is 10.2. The summed E-state index contributed by atoms with van der Waals surface area (Å²) in [6.45, 7) is 0.968. The van der Waals surface area contributed by atoms with Gasteiger partial charge in [-0.15, -0.1) is 10.2 Å². The monoisotopic (exact) mass is 384 g/mol. The Morgan fingerprint density at radius 2 is 1.86 bits per heavy atom. The molecule has 3 heterocycles. The maximum Gasteiger partial charge on any atom is 0.201 e. The molecule has 6 heteroatoms. The van der Waals surface area contributed by atoms with Crippen LogP contribution in [0, 0.1) is 0 Å². The number of aliphatic imine (C=N–C) groups is 1. The van der Waals surface area contributed by atoms with Crippen LogP contribution in [0.5, 0.6) is 0 Å². The number of nitrogens with zero attached hydrogens (tertiary/aromatic N) is 4. The van der Waals surface area contributed by atoms with E-state index in [9.17, 15) is 4.79 Å². The first-order valence-corrected chi connectivity index (χ1v) is 9.87. The van der Waals surface area contributed by atoms with Crippen molar-refractivity contribution in [3.63, 3.8) is 0 Å². The van der Waals surface area contributed by atoms with Crippen molar-refractivity contribution in [2.45, 2.75) is 32.2 Å². The Bertz CT molecular complexity index is 1250. The van der Waals surface area contributed by atoms with Crippen molar-refractivity contribution in [2.75, 3.05) is 0 Å². The van der Waals surface area contributed by atoms with Crippen LogP contribution in [-0.4, -0.2) is 21.0 Å². The molecule has 29 heavy (non-hydrogen) atoms. The van der Waals surface area contributed by atoms with Gasteiger partial charge >= 0.3 is 0 Å². The van der Waals surface area contributed by atoms with E-state index in [4.69, 9.17) is 4.42 Å². The highest BCUT2D eigenvalue weighted by atomic mass is 16.3. The molecular formula is C23H20N4O2. The Hall–Kier alpha value is -3.54. The van der Waals surface area contributed by atoms with Crippen LogP contribution in [-0.2, 0) is 13.0 Å². The molecule has 2 aromatic carbocycles. The number of aromatic nitrogens is 3. The molecule has 0 spiro atoms. The Morgan fingerprint density at radius 3 is 2.76 bits per heavy atom. The fourth-order valence-electron chi connectivity index (χ4n) is 3.72. The second-order valence-corrected chi connectivity index (χ2v) is 7.22. The number of hydrogen-bond donors (Lipinski definition) is 0. The van der Waals surface area contributed by atoms with E-state index in [0.29, 0.717) is 16.5 Å². The SMILES string of the molecule is O=c1c(C=Nc2ccc(-c3nnc4n3CCCCC4)cc2)coc2ccccc12. The van der Waals surface area contributed by atoms with Gasteiger partial charge in [-0.3, -0.25) is 9.79 Å². The van der Waals surface area contributed by atoms with E-state index in [1.54, 1.807) is 18.3 Å². The molecule has 0 atom stereocenters. The topological polar surface area (TPSA) is 73.3 Å². The van der Waals surface area contributed by atoms with Gasteiger partial charge in [0.2, 0.25) is 5.43 Å². The number of fused-ring (bicyclic) bond motifs is 2. The normalized spacial score (nSPS) is 14.2. The summed E-state index contributed by atoms with van der Waals surface area (Å²) in [5.74, 6) is 1.98. The number of benzene rings is 2. The minimum atomic E-state index is -0.0848. The van der Waals surface area contributed by atoms with Crippen molar-refractivity contribution in [1.82, 2.24) is 14.8 Å². The molecule has 6 nitrogen and oxygen atoms in total. The highest BCUT2D eigenvalue weighted by molar-refractivity contribution is 5.87. The van der Waals surface area contributed by atoms with Crippen molar-refractivity contribution >= 4 is 22.9 Å². The van der Waals surface area contributed by atoms with E-state index in [2.05, 4.69) is 19.8 Å². The van der Waals surface area contributed by atoms with Gasteiger partial charge in [0.05, 0.1) is 16.6 Å². The van der Waals surface area contributed by atoms with Gasteiger partial charge in [0, 0.05) is 24.7 Å². The summed E-state index contributed by atoms with van der Waals surface area (Å²) in [4.78, 5) is 17.0. The molecular weight excluding hydrogens is 364 g/mol. The lowest BCUT2D eigenvalue weighted by Crippen LogP contribution is -2.07. The molecule has 1 aliphatic rings. The number of aryl methyl sites for hydroxylation is 1. The molecule has 0 unspecified atom stereocenters. The Labute approximate surface area is 167 Å². The van der Waals surface area contributed by atoms with Crippen LogP contribution in [0.3, 0.4) is 0 Å². The highest BCUT2D eigenvalue weighted by Gasteiger charge is 2.15. The van der Waals surface area contributed by atoms with Crippen LogP contribution in [0.4, 0.5) is 5.69 Å². The van der Waals surface area contributed by atoms with Crippen LogP contribution in [0.15, 0.2) is 69.0 Å². The molecule has 0 fully saturated rings. The largest absolute Gasteiger partial charge is 0.463 e. The zero-order valence-corrected chi connectivity index (χ0v) is 15.9. The smallest absolute Gasteiger partial charge is 0.201 e. The van der Waals surface area contributed by atoms with Crippen molar-refractivity contribution in [3.8, 4) is 11.4 Å². The summed E-state index contributed by atoms with van der Waals surface area (Å²) in [6.07, 6.45) is 7.57. The van der Waals surface area contributed by atoms with E-state index in [1.807, 2.05) is 36.4 Å². The first-order chi connectivity index (χ1) is 14.3. The Balaban J connectivity index is 1.41. The summed E-state index contributed by atoms with van der Waals surface area (Å²) < 4.78 is 7.76. The van der Waals surface area contributed by atoms with E-state index in [0.717, 1.165) is 42.3 Å². The molecule has 0 saturated heterocycles. The van der Waals surface area contributed by atoms with Gasteiger partial charge in [0.15, 0.2) is 5.82 Å². The molecule has 1 aliphatic heterocycles. The summed E-state index contributed by atoms with van der Waals surface area (Å²) >= 11 is 0. The average molecular weight is 384 g/mol. The highest BCUT2D eigenvalue weighted by Crippen LogP contribution is 2.24. The molecule has 144 valence electrons. The summed E-state index contributed by atoms with van der Waals surface area (Å²) in [5.41, 5.74) is 2.70. The first-order valence-electron chi connectivity index (χ1n) is 9.87. The van der Waals surface area contributed by atoms with Gasteiger partial charge in [-0.2, -0.15) is 0 Å². The number of rotatable bonds is 3. The minimum absolute atomic E-state index is 0.0848. The Kier molecular flexibility index (Phi) is 4.52. The van der Waals surface area contributed by atoms with E-state index in [-0.39, 0.29) is 5.43 Å². The predicted octanol–water partition coefficient (Wildman–Crippen LogP) is 4.53. The molecule has 0 N–H and O–H groups in total. The third-order valence-corrected chi connectivity index (χ3v) is 5.29. The molecule has 5 rings (SSSR count). The van der Waals surface area contributed by atoms with Gasteiger partial charge < -0.3 is 8.98 Å². The summed E-state index contributed by atoms with van der Waals surface area (Å²) in [6, 6.07) is 15.0. The maximum absolute atomic E-state index is 12.6. The summed E-state index contributed by atoms with van der Waals surface area (Å²) in [7, 11) is 0. The predicted molar refractivity (Wildman–Crippen MR) is 113 cm³/mol. The van der Waals surface area contributed by atoms with Crippen molar-refractivity contribution in [3.05, 3.63) is 76.4 Å². The van der Waals surface area contributed by atoms with Gasteiger partial charge in [0.1, 0.15) is 17.7 Å². The molecule has 0 bridgehead atoms. The van der Waals surface area contributed by atoms with Crippen LogP contribution in [0.1, 0.15) is 30.7 Å². The molecule has 0 saturated carbocycles. The number of hydrogen-bond acceptors (Lipinski definition) is 5. The van der Waals surface area contributed by atoms with Crippen LogP contribution in [0.25, 0.3) is 22.4 Å². The molecule has 0 radical (unpaired) electrons. The summed E-state index contributed by atoms with van der Waals surface area (Å²) in [5, 5.41) is 9.31. The second kappa shape index (κ2) is 7.47. The Morgan fingerprint density at radius 1 is 1.00 bits per heavy atom. The van der Waals surface area contributed by atoms with Gasteiger partial charge in [0.25, 0.3) is 0 Å². The number of para-hydroxylation sites is 1. The lowest BCUT2D eigenvalue weighted by molar-refractivity contribution is 0.601. The van der Waals surface area contributed by atoms with Gasteiger partial charge in [-0.25, -0.2) is 0 Å². The quantitative estimate of drug-likeness (QED) is 0.487. The molecule has 4 aromatic rings. The van der Waals surface area contributed by atoms with E-state index < -0.39 is 0 Å². The van der Waals surface area contributed by atoms with Gasteiger partial charge in [-0.1, -0.05) is 18.6 Å². The maximum atomic E-state index is 12.6. The van der Waals surface area contributed by atoms with Crippen LogP contribution in [0.2, 0.25) is 0 Å². The van der Waals surface area contributed by atoms with E-state index in [1.165, 1.54) is 19.1 Å². The standard InChI is InChI=1S/C23H20N4O2/c28-22-17(15-29-20-7-4-3-6-19(20)22)14-24-18-11-9-16(10-12-18)23-26-25-21-8-2-1-5-13-27(21)23/h3-4,6-7,9-12,14-15H,1-2,5,8,13H2. The van der Waals surface area contributed by atoms with Crippen molar-refractivity contribution in [2.24, 2.45) is 4.99 Å². The molecule has 2 aromatic heterocycles. The second-order valence-electron chi connectivity index (χ2n) is 7.22. The fraction of sp³-hybridized carbons (Fsp3) is 0.217. The van der Waals surface area contributed by atoms with Crippen LogP contribution < -0.4 is 5.43 Å². The zero-order valence-electron chi connectivity index (χ0n) is 15.9. The minimum Gasteiger partial charge on any atom is -0.463 e. The zero-order chi connectivity index (χ0) is 19.6. The van der Waals surface area contributed by atoms with Crippen LogP contribution >= 0.6 is 0 Å². The van der Waals surface area contributed by atoms with Gasteiger partial charge in [-0.05, 0) is 49.2 Å². The lowest BCUT2D eigenvalue weighted by Gasteiger charge is -2.07. The molecule has 0 aliphatic carbocycles. The van der Waals surface area contributed by atoms with E-state index >= 15 is 0 Å². The van der Waals surface area contributed by atoms with Crippen molar-refractivity contribution in [1.29, 1.82) is 0 Å². The third kappa shape index (κ3) is 3.38. The molecule has 0 amide bonds. The van der Waals surface area contributed by atoms with Crippen molar-refractivity contribution < 1.29 is 4.42 Å². The average Bonchev–Trinajstić information content (AvgIpc) is 3.02.